The summed E-state index contributed by atoms with van der Waals surface area (Å²) in [4.78, 5) is 7.15. The predicted molar refractivity (Wildman–Crippen MR) is 99.3 cm³/mol. The van der Waals surface area contributed by atoms with Crippen molar-refractivity contribution in [2.75, 3.05) is 39.9 Å². The predicted octanol–water partition coefficient (Wildman–Crippen LogP) is 2.87. The van der Waals surface area contributed by atoms with E-state index in [-0.39, 0.29) is 6.04 Å². The summed E-state index contributed by atoms with van der Waals surface area (Å²) in [5.74, 6) is 1.55. The molecule has 134 valence electrons. The first-order chi connectivity index (χ1) is 12.3. The van der Waals surface area contributed by atoms with Crippen LogP contribution in [0.4, 0.5) is 0 Å². The zero-order valence-corrected chi connectivity index (χ0v) is 15.1. The third-order valence-corrected chi connectivity index (χ3v) is 4.51. The maximum atomic E-state index is 5.79. The second-order valence-corrected chi connectivity index (χ2v) is 6.14. The fraction of sp³-hybridized carbons (Fsp3) is 0.450. The van der Waals surface area contributed by atoms with E-state index >= 15 is 0 Å². The van der Waals surface area contributed by atoms with Crippen molar-refractivity contribution in [3.8, 4) is 11.5 Å². The summed E-state index contributed by atoms with van der Waals surface area (Å²) in [5.41, 5.74) is 2.25. The van der Waals surface area contributed by atoms with E-state index in [4.69, 9.17) is 9.47 Å². The second-order valence-electron chi connectivity index (χ2n) is 6.14. The van der Waals surface area contributed by atoms with Crippen LogP contribution in [0.5, 0.6) is 11.5 Å². The molecule has 1 fully saturated rings. The van der Waals surface area contributed by atoms with Gasteiger partial charge in [0.1, 0.15) is 0 Å². The summed E-state index contributed by atoms with van der Waals surface area (Å²) in [6.45, 7) is 6.71. The van der Waals surface area contributed by atoms with Crippen molar-refractivity contribution in [2.24, 2.45) is 0 Å². The smallest absolute Gasteiger partial charge is 0.161 e. The van der Waals surface area contributed by atoms with Gasteiger partial charge in [0.15, 0.2) is 11.5 Å². The number of hydrogen-bond donors (Lipinski definition) is 1. The average Bonchev–Trinajstić information content (AvgIpc) is 2.93. The summed E-state index contributed by atoms with van der Waals surface area (Å²) in [7, 11) is 1.67. The quantitative estimate of drug-likeness (QED) is 0.875. The molecule has 3 rings (SSSR count). The molecular formula is C20H27N3O2. The molecule has 0 bridgehead atoms. The highest BCUT2D eigenvalue weighted by atomic mass is 16.5. The van der Waals surface area contributed by atoms with E-state index < -0.39 is 0 Å². The van der Waals surface area contributed by atoms with Gasteiger partial charge in [-0.05, 0) is 49.7 Å². The number of hydrogen-bond acceptors (Lipinski definition) is 5. The lowest BCUT2D eigenvalue weighted by atomic mass is 10.00. The van der Waals surface area contributed by atoms with Crippen molar-refractivity contribution in [2.45, 2.75) is 19.4 Å². The van der Waals surface area contributed by atoms with Gasteiger partial charge in [0.25, 0.3) is 0 Å². The fourth-order valence-electron chi connectivity index (χ4n) is 3.36. The highest BCUT2D eigenvalue weighted by Crippen LogP contribution is 2.35. The number of methoxy groups -OCH3 is 1. The van der Waals surface area contributed by atoms with Gasteiger partial charge in [-0.3, -0.25) is 9.88 Å². The zero-order valence-electron chi connectivity index (χ0n) is 15.1. The third kappa shape index (κ3) is 4.30. The van der Waals surface area contributed by atoms with E-state index in [0.717, 1.165) is 49.8 Å². The van der Waals surface area contributed by atoms with Gasteiger partial charge in [0, 0.05) is 25.8 Å². The van der Waals surface area contributed by atoms with E-state index in [1.165, 1.54) is 5.56 Å². The molecule has 2 heterocycles. The molecule has 5 heteroatoms. The van der Waals surface area contributed by atoms with E-state index in [2.05, 4.69) is 39.5 Å². The van der Waals surface area contributed by atoms with Crippen LogP contribution in [0.2, 0.25) is 0 Å². The molecule has 5 nitrogen and oxygen atoms in total. The van der Waals surface area contributed by atoms with Gasteiger partial charge in [-0.15, -0.1) is 0 Å². The van der Waals surface area contributed by atoms with Crippen molar-refractivity contribution in [3.05, 3.63) is 53.9 Å². The number of ether oxygens (including phenoxy) is 2. The molecule has 1 aromatic heterocycles. The summed E-state index contributed by atoms with van der Waals surface area (Å²) in [5, 5.41) is 3.48. The molecule has 1 saturated heterocycles. The average molecular weight is 341 g/mol. The van der Waals surface area contributed by atoms with Crippen LogP contribution in [-0.4, -0.2) is 49.8 Å². The maximum absolute atomic E-state index is 5.79. The van der Waals surface area contributed by atoms with Crippen molar-refractivity contribution in [1.82, 2.24) is 15.2 Å². The Balaban J connectivity index is 2.00. The minimum absolute atomic E-state index is 0.117. The number of aromatic nitrogens is 1. The van der Waals surface area contributed by atoms with E-state index in [9.17, 15) is 0 Å². The lowest BCUT2D eigenvalue weighted by molar-refractivity contribution is 0.236. The van der Waals surface area contributed by atoms with Crippen molar-refractivity contribution < 1.29 is 9.47 Å². The summed E-state index contributed by atoms with van der Waals surface area (Å²) < 4.78 is 11.2. The van der Waals surface area contributed by atoms with Crippen LogP contribution >= 0.6 is 0 Å². The van der Waals surface area contributed by atoms with E-state index in [1.54, 1.807) is 7.11 Å². The van der Waals surface area contributed by atoms with Gasteiger partial charge in [0.2, 0.25) is 0 Å². The zero-order chi connectivity index (χ0) is 17.5. The lowest BCUT2D eigenvalue weighted by Crippen LogP contribution is -2.33. The first-order valence-electron chi connectivity index (χ1n) is 9.00. The highest BCUT2D eigenvalue weighted by molar-refractivity contribution is 5.45. The summed E-state index contributed by atoms with van der Waals surface area (Å²) in [6, 6.07) is 12.5. The van der Waals surface area contributed by atoms with Gasteiger partial charge in [-0.25, -0.2) is 0 Å². The SMILES string of the molecule is CCOc1cc(C(c2ccccn2)N2CCCNCC2)ccc1OC. The van der Waals surface area contributed by atoms with Crippen molar-refractivity contribution >= 4 is 0 Å². The van der Waals surface area contributed by atoms with Crippen LogP contribution in [-0.2, 0) is 0 Å². The molecule has 25 heavy (non-hydrogen) atoms. The number of rotatable bonds is 6. The fourth-order valence-corrected chi connectivity index (χ4v) is 3.36. The standard InChI is InChI=1S/C20H27N3O2/c1-3-25-19-15-16(8-9-18(19)24-2)20(17-7-4-5-11-22-17)23-13-6-10-21-12-14-23/h4-5,7-9,11,15,20-21H,3,6,10,12-14H2,1-2H3. The van der Waals surface area contributed by atoms with Gasteiger partial charge in [-0.1, -0.05) is 12.1 Å². The maximum Gasteiger partial charge on any atom is 0.161 e. The topological polar surface area (TPSA) is 46.6 Å². The largest absolute Gasteiger partial charge is 0.493 e. The Labute approximate surface area is 150 Å². The molecule has 0 amide bonds. The Morgan fingerprint density at radius 3 is 2.84 bits per heavy atom. The van der Waals surface area contributed by atoms with Crippen LogP contribution in [0.25, 0.3) is 0 Å². The molecule has 0 aliphatic carbocycles. The van der Waals surface area contributed by atoms with Gasteiger partial charge >= 0.3 is 0 Å². The molecule has 1 atom stereocenters. The number of nitrogens with zero attached hydrogens (tertiary/aromatic N) is 2. The lowest BCUT2D eigenvalue weighted by Gasteiger charge is -2.31. The molecule has 0 saturated carbocycles. The highest BCUT2D eigenvalue weighted by Gasteiger charge is 2.25. The molecule has 1 N–H and O–H groups in total. The van der Waals surface area contributed by atoms with Gasteiger partial charge < -0.3 is 14.8 Å². The third-order valence-electron chi connectivity index (χ3n) is 4.51. The molecule has 1 aromatic carbocycles. The summed E-state index contributed by atoms with van der Waals surface area (Å²) in [6.07, 6.45) is 3.00. The molecule has 1 aliphatic rings. The minimum Gasteiger partial charge on any atom is -0.493 e. The van der Waals surface area contributed by atoms with Crippen molar-refractivity contribution in [3.63, 3.8) is 0 Å². The Morgan fingerprint density at radius 2 is 2.08 bits per heavy atom. The van der Waals surface area contributed by atoms with Gasteiger partial charge in [0.05, 0.1) is 25.5 Å². The van der Waals surface area contributed by atoms with Crippen LogP contribution in [0, 0.1) is 0 Å². The number of benzene rings is 1. The Hall–Kier alpha value is -2.11. The molecule has 0 radical (unpaired) electrons. The molecule has 2 aromatic rings. The Bertz CT molecular complexity index is 655. The van der Waals surface area contributed by atoms with Crippen LogP contribution < -0.4 is 14.8 Å². The monoisotopic (exact) mass is 341 g/mol. The first-order valence-corrected chi connectivity index (χ1v) is 9.00. The van der Waals surface area contributed by atoms with Crippen LogP contribution in [0.1, 0.15) is 30.6 Å². The minimum atomic E-state index is 0.117. The molecular weight excluding hydrogens is 314 g/mol. The Morgan fingerprint density at radius 1 is 1.16 bits per heavy atom. The molecule has 1 unspecified atom stereocenters. The van der Waals surface area contributed by atoms with Crippen molar-refractivity contribution in [1.29, 1.82) is 0 Å². The van der Waals surface area contributed by atoms with Crippen LogP contribution in [0.15, 0.2) is 42.6 Å². The normalized spacial score (nSPS) is 16.9. The number of pyridine rings is 1. The van der Waals surface area contributed by atoms with Crippen LogP contribution in [0.3, 0.4) is 0 Å². The number of nitrogens with one attached hydrogen (secondary N) is 1. The molecule has 1 aliphatic heterocycles. The second kappa shape index (κ2) is 8.83. The molecule has 0 spiro atoms. The van der Waals surface area contributed by atoms with E-state index in [0.29, 0.717) is 6.61 Å². The summed E-state index contributed by atoms with van der Waals surface area (Å²) >= 11 is 0. The first kappa shape index (κ1) is 17.7. The Kier molecular flexibility index (Phi) is 6.25. The van der Waals surface area contributed by atoms with Gasteiger partial charge in [-0.2, -0.15) is 0 Å². The van der Waals surface area contributed by atoms with E-state index in [1.807, 2.05) is 25.3 Å².